The van der Waals surface area contributed by atoms with Crippen molar-refractivity contribution in [3.63, 3.8) is 0 Å². The van der Waals surface area contributed by atoms with Crippen LogP contribution in [0.5, 0.6) is 0 Å². The first-order chi connectivity index (χ1) is 6.81. The normalized spacial score (nSPS) is 16.0. The summed E-state index contributed by atoms with van der Waals surface area (Å²) in [5.74, 6) is 5.34. The monoisotopic (exact) mass is 197 g/mol. The SMILES string of the molecule is NNc1ncc(F)c(N2CCCC2)n1. The standard InChI is InChI=1S/C8H12FN5/c9-6-5-11-8(13-10)12-7(6)14-3-1-2-4-14/h5H,1-4,10H2,(H,11,12,13). The molecule has 1 aliphatic heterocycles. The van der Waals surface area contributed by atoms with E-state index in [2.05, 4.69) is 15.4 Å². The smallest absolute Gasteiger partial charge is 0.239 e. The predicted octanol–water partition coefficient (Wildman–Crippen LogP) is 0.501. The molecule has 14 heavy (non-hydrogen) atoms. The molecule has 2 heterocycles. The minimum atomic E-state index is -0.397. The lowest BCUT2D eigenvalue weighted by Gasteiger charge is -2.16. The fourth-order valence-corrected chi connectivity index (χ4v) is 1.58. The van der Waals surface area contributed by atoms with Gasteiger partial charge in [0.15, 0.2) is 11.6 Å². The Labute approximate surface area is 81.1 Å². The molecule has 2 rings (SSSR count). The van der Waals surface area contributed by atoms with Gasteiger partial charge >= 0.3 is 0 Å². The lowest BCUT2D eigenvalue weighted by molar-refractivity contribution is 0.608. The van der Waals surface area contributed by atoms with Crippen LogP contribution in [0.1, 0.15) is 12.8 Å². The molecule has 6 heteroatoms. The van der Waals surface area contributed by atoms with E-state index in [1.165, 1.54) is 0 Å². The van der Waals surface area contributed by atoms with E-state index < -0.39 is 5.82 Å². The number of hydrogen-bond donors (Lipinski definition) is 2. The topological polar surface area (TPSA) is 67.1 Å². The molecule has 5 nitrogen and oxygen atoms in total. The average Bonchev–Trinajstić information content (AvgIpc) is 2.71. The Kier molecular flexibility index (Phi) is 2.45. The zero-order chi connectivity index (χ0) is 9.97. The first-order valence-corrected chi connectivity index (χ1v) is 4.55. The molecule has 0 unspecified atom stereocenters. The van der Waals surface area contributed by atoms with Crippen LogP contribution in [0, 0.1) is 5.82 Å². The number of rotatable bonds is 2. The van der Waals surface area contributed by atoms with E-state index in [-0.39, 0.29) is 5.95 Å². The Morgan fingerprint density at radius 2 is 2.14 bits per heavy atom. The highest BCUT2D eigenvalue weighted by Gasteiger charge is 2.18. The minimum Gasteiger partial charge on any atom is -0.354 e. The van der Waals surface area contributed by atoms with Crippen molar-refractivity contribution < 1.29 is 4.39 Å². The first kappa shape index (κ1) is 9.14. The molecule has 1 aromatic rings. The van der Waals surface area contributed by atoms with E-state index in [0.717, 1.165) is 32.1 Å². The predicted molar refractivity (Wildman–Crippen MR) is 51.2 cm³/mol. The van der Waals surface area contributed by atoms with Gasteiger partial charge in [0.25, 0.3) is 0 Å². The third kappa shape index (κ3) is 1.60. The zero-order valence-corrected chi connectivity index (χ0v) is 7.70. The van der Waals surface area contributed by atoms with Crippen molar-refractivity contribution in [2.75, 3.05) is 23.4 Å². The Hall–Kier alpha value is -1.43. The van der Waals surface area contributed by atoms with Gasteiger partial charge in [0.2, 0.25) is 5.95 Å². The van der Waals surface area contributed by atoms with Crippen molar-refractivity contribution in [1.82, 2.24) is 9.97 Å². The fourth-order valence-electron chi connectivity index (χ4n) is 1.58. The largest absolute Gasteiger partial charge is 0.354 e. The molecule has 1 fully saturated rings. The molecule has 3 N–H and O–H groups in total. The van der Waals surface area contributed by atoms with E-state index in [1.54, 1.807) is 0 Å². The van der Waals surface area contributed by atoms with E-state index >= 15 is 0 Å². The Morgan fingerprint density at radius 1 is 1.43 bits per heavy atom. The molecule has 0 bridgehead atoms. The van der Waals surface area contributed by atoms with E-state index in [9.17, 15) is 4.39 Å². The minimum absolute atomic E-state index is 0.244. The van der Waals surface area contributed by atoms with E-state index in [4.69, 9.17) is 5.84 Å². The second kappa shape index (κ2) is 3.75. The van der Waals surface area contributed by atoms with Crippen LogP contribution in [0.3, 0.4) is 0 Å². The lowest BCUT2D eigenvalue weighted by atomic mass is 10.4. The molecular formula is C8H12FN5. The molecule has 0 aliphatic carbocycles. The number of hydrazine groups is 1. The van der Waals surface area contributed by atoms with Crippen LogP contribution in [0.25, 0.3) is 0 Å². The summed E-state index contributed by atoms with van der Waals surface area (Å²) in [6, 6.07) is 0. The number of nitrogen functional groups attached to an aromatic ring is 1. The van der Waals surface area contributed by atoms with Gasteiger partial charge in [-0.15, -0.1) is 0 Å². The zero-order valence-electron chi connectivity index (χ0n) is 7.70. The van der Waals surface area contributed by atoms with Gasteiger partial charge in [-0.2, -0.15) is 4.98 Å². The Balaban J connectivity index is 2.29. The number of nitrogens with one attached hydrogen (secondary N) is 1. The van der Waals surface area contributed by atoms with Gasteiger partial charge in [-0.1, -0.05) is 0 Å². The maximum Gasteiger partial charge on any atom is 0.239 e. The van der Waals surface area contributed by atoms with Crippen LogP contribution in [0.15, 0.2) is 6.20 Å². The molecule has 0 spiro atoms. The first-order valence-electron chi connectivity index (χ1n) is 4.55. The van der Waals surface area contributed by atoms with Crippen molar-refractivity contribution in [1.29, 1.82) is 0 Å². The maximum atomic E-state index is 13.3. The molecule has 76 valence electrons. The summed E-state index contributed by atoms with van der Waals surface area (Å²) in [6.45, 7) is 1.69. The molecule has 0 aromatic carbocycles. The molecule has 1 aliphatic rings. The average molecular weight is 197 g/mol. The van der Waals surface area contributed by atoms with Crippen LogP contribution in [-0.4, -0.2) is 23.1 Å². The Bertz CT molecular complexity index is 324. The van der Waals surface area contributed by atoms with Crippen molar-refractivity contribution in [3.8, 4) is 0 Å². The third-order valence-corrected chi connectivity index (χ3v) is 2.26. The van der Waals surface area contributed by atoms with Crippen LogP contribution in [-0.2, 0) is 0 Å². The Morgan fingerprint density at radius 3 is 2.79 bits per heavy atom. The maximum absolute atomic E-state index is 13.3. The van der Waals surface area contributed by atoms with Crippen molar-refractivity contribution in [2.45, 2.75) is 12.8 Å². The molecular weight excluding hydrogens is 185 g/mol. The van der Waals surface area contributed by atoms with Crippen LogP contribution < -0.4 is 16.2 Å². The summed E-state index contributed by atoms with van der Waals surface area (Å²) in [5, 5.41) is 0. The van der Waals surface area contributed by atoms with Gasteiger partial charge in [-0.3, -0.25) is 5.43 Å². The summed E-state index contributed by atoms with van der Waals surface area (Å²) in [6.07, 6.45) is 3.29. The lowest BCUT2D eigenvalue weighted by Crippen LogP contribution is -2.22. The van der Waals surface area contributed by atoms with Crippen molar-refractivity contribution in [3.05, 3.63) is 12.0 Å². The number of nitrogens with zero attached hydrogens (tertiary/aromatic N) is 3. The molecule has 0 saturated carbocycles. The molecule has 1 aromatic heterocycles. The van der Waals surface area contributed by atoms with Gasteiger partial charge in [0.1, 0.15) is 0 Å². The summed E-state index contributed by atoms with van der Waals surface area (Å²) < 4.78 is 13.3. The van der Waals surface area contributed by atoms with Crippen LogP contribution in [0.2, 0.25) is 0 Å². The number of nitrogens with two attached hydrogens (primary N) is 1. The fraction of sp³-hybridized carbons (Fsp3) is 0.500. The summed E-state index contributed by atoms with van der Waals surface area (Å²) in [4.78, 5) is 9.56. The van der Waals surface area contributed by atoms with Crippen molar-refractivity contribution in [2.24, 2.45) is 5.84 Å². The highest BCUT2D eigenvalue weighted by atomic mass is 19.1. The second-order valence-corrected chi connectivity index (χ2v) is 3.20. The van der Waals surface area contributed by atoms with E-state index in [0.29, 0.717) is 5.82 Å². The molecule has 0 radical (unpaired) electrons. The molecule has 0 atom stereocenters. The molecule has 0 amide bonds. The number of halogens is 1. The second-order valence-electron chi connectivity index (χ2n) is 3.20. The van der Waals surface area contributed by atoms with E-state index in [1.807, 2.05) is 4.90 Å². The third-order valence-electron chi connectivity index (χ3n) is 2.26. The number of hydrogen-bond acceptors (Lipinski definition) is 5. The quantitative estimate of drug-likeness (QED) is 0.534. The highest BCUT2D eigenvalue weighted by Crippen LogP contribution is 2.21. The van der Waals surface area contributed by atoms with Gasteiger partial charge in [-0.05, 0) is 12.8 Å². The van der Waals surface area contributed by atoms with Crippen LogP contribution >= 0.6 is 0 Å². The molecule has 1 saturated heterocycles. The number of anilines is 2. The van der Waals surface area contributed by atoms with Gasteiger partial charge < -0.3 is 4.90 Å². The summed E-state index contributed by atoms with van der Waals surface area (Å²) >= 11 is 0. The van der Waals surface area contributed by atoms with Gasteiger partial charge in [0.05, 0.1) is 6.20 Å². The number of aromatic nitrogens is 2. The van der Waals surface area contributed by atoms with Gasteiger partial charge in [-0.25, -0.2) is 15.2 Å². The summed E-state index contributed by atoms with van der Waals surface area (Å²) in [7, 11) is 0. The van der Waals surface area contributed by atoms with Crippen LogP contribution in [0.4, 0.5) is 16.2 Å². The van der Waals surface area contributed by atoms with Crippen molar-refractivity contribution >= 4 is 11.8 Å². The summed E-state index contributed by atoms with van der Waals surface area (Å²) in [5.41, 5.74) is 2.30. The highest BCUT2D eigenvalue weighted by molar-refractivity contribution is 5.44. The van der Waals surface area contributed by atoms with Gasteiger partial charge in [0, 0.05) is 13.1 Å².